The van der Waals surface area contributed by atoms with Crippen LogP contribution in [-0.2, 0) is 22.2 Å². The first kappa shape index (κ1) is 18.3. The predicted molar refractivity (Wildman–Crippen MR) is 91.8 cm³/mol. The number of carbonyl (C=O) groups excluding carboxylic acids is 2. The largest absolute Gasteiger partial charge is 0.417 e. The molecule has 0 spiro atoms. The Morgan fingerprint density at radius 2 is 1.77 bits per heavy atom. The van der Waals surface area contributed by atoms with Crippen molar-refractivity contribution < 1.29 is 22.8 Å². The molecule has 1 aliphatic heterocycles. The van der Waals surface area contributed by atoms with E-state index in [0.29, 0.717) is 23.2 Å². The first-order chi connectivity index (χ1) is 12.2. The van der Waals surface area contributed by atoms with E-state index in [1.165, 1.54) is 17.0 Å². The first-order valence-corrected chi connectivity index (χ1v) is 8.13. The van der Waals surface area contributed by atoms with Crippen LogP contribution in [0.3, 0.4) is 0 Å². The molecule has 2 N–H and O–H groups in total. The summed E-state index contributed by atoms with van der Waals surface area (Å²) in [7, 11) is 0. The van der Waals surface area contributed by atoms with Gasteiger partial charge >= 0.3 is 6.18 Å². The molecule has 0 bridgehead atoms. The van der Waals surface area contributed by atoms with Gasteiger partial charge in [0.2, 0.25) is 11.8 Å². The van der Waals surface area contributed by atoms with Gasteiger partial charge in [-0.25, -0.2) is 0 Å². The number of aryl methyl sites for hydroxylation is 1. The summed E-state index contributed by atoms with van der Waals surface area (Å²) >= 11 is 5.66. The smallest absolute Gasteiger partial charge is 0.368 e. The predicted octanol–water partition coefficient (Wildman–Crippen LogP) is 3.79. The van der Waals surface area contributed by atoms with Crippen LogP contribution in [0.4, 0.5) is 18.9 Å². The lowest BCUT2D eigenvalue weighted by Crippen LogP contribution is -2.41. The summed E-state index contributed by atoms with van der Waals surface area (Å²) in [4.78, 5) is 24.5. The van der Waals surface area contributed by atoms with E-state index in [9.17, 15) is 22.8 Å². The number of benzene rings is 2. The number of hydrogen-bond acceptors (Lipinski definition) is 2. The van der Waals surface area contributed by atoms with Crippen LogP contribution in [0.1, 0.15) is 17.5 Å². The monoisotopic (exact) mass is 382 g/mol. The van der Waals surface area contributed by atoms with Gasteiger partial charge < -0.3 is 10.6 Å². The van der Waals surface area contributed by atoms with Gasteiger partial charge in [-0.2, -0.15) is 13.2 Å². The van der Waals surface area contributed by atoms with Gasteiger partial charge in [-0.05, 0) is 47.4 Å². The van der Waals surface area contributed by atoms with Gasteiger partial charge in [0.25, 0.3) is 0 Å². The molecule has 0 aromatic heterocycles. The lowest BCUT2D eigenvalue weighted by molar-refractivity contribution is -0.137. The van der Waals surface area contributed by atoms with Crippen LogP contribution < -0.4 is 10.6 Å². The van der Waals surface area contributed by atoms with Gasteiger partial charge in [-0.1, -0.05) is 23.7 Å². The highest BCUT2D eigenvalue weighted by Crippen LogP contribution is 2.38. The van der Waals surface area contributed by atoms with Crippen LogP contribution in [0, 0.1) is 0 Å². The van der Waals surface area contributed by atoms with E-state index < -0.39 is 17.6 Å². The molecule has 136 valence electrons. The van der Waals surface area contributed by atoms with Crippen molar-refractivity contribution in [3.05, 3.63) is 52.5 Å². The summed E-state index contributed by atoms with van der Waals surface area (Å²) in [5, 5.41) is -0.363. The van der Waals surface area contributed by atoms with Crippen molar-refractivity contribution in [2.45, 2.75) is 19.0 Å². The second kappa shape index (κ2) is 6.64. The molecule has 26 heavy (non-hydrogen) atoms. The molecule has 0 aliphatic carbocycles. The number of rotatable bonds is 3. The van der Waals surface area contributed by atoms with Gasteiger partial charge in [0.1, 0.15) is 6.54 Å². The fourth-order valence-corrected chi connectivity index (χ4v) is 3.22. The number of alkyl halides is 3. The zero-order valence-corrected chi connectivity index (χ0v) is 14.2. The minimum absolute atomic E-state index is 0.207. The standard InChI is InChI=1S/C18H14ClF3N2O2/c19-14-4-1-11(8-13(14)18(20,21)22)10-2-5-15-12(7-10)3-6-17(26)24(15)9-16(23)25/h1-2,4-5,7-8H,3,6,9H2,(H2,23,25). The van der Waals surface area contributed by atoms with Crippen molar-refractivity contribution in [3.63, 3.8) is 0 Å². The van der Waals surface area contributed by atoms with Crippen LogP contribution >= 0.6 is 11.6 Å². The molecule has 2 amide bonds. The highest BCUT2D eigenvalue weighted by molar-refractivity contribution is 6.31. The second-order valence-electron chi connectivity index (χ2n) is 5.98. The van der Waals surface area contributed by atoms with Crippen molar-refractivity contribution in [3.8, 4) is 11.1 Å². The Kier molecular flexibility index (Phi) is 4.66. The van der Waals surface area contributed by atoms with Crippen LogP contribution in [0.2, 0.25) is 5.02 Å². The molecule has 0 radical (unpaired) electrons. The van der Waals surface area contributed by atoms with Gasteiger partial charge in [-0.15, -0.1) is 0 Å². The summed E-state index contributed by atoms with van der Waals surface area (Å²) in [5.74, 6) is -0.849. The topological polar surface area (TPSA) is 63.4 Å². The minimum atomic E-state index is -4.55. The highest BCUT2D eigenvalue weighted by atomic mass is 35.5. The van der Waals surface area contributed by atoms with Gasteiger partial charge in [0.05, 0.1) is 10.6 Å². The Labute approximate surface area is 152 Å². The molecular formula is C18H14ClF3N2O2. The van der Waals surface area contributed by atoms with Gasteiger partial charge in [0, 0.05) is 12.1 Å². The van der Waals surface area contributed by atoms with Crippen LogP contribution in [-0.4, -0.2) is 18.4 Å². The molecule has 3 rings (SSSR count). The SMILES string of the molecule is NC(=O)CN1C(=O)CCc2cc(-c3ccc(Cl)c(C(F)(F)F)c3)ccc21. The lowest BCUT2D eigenvalue weighted by Gasteiger charge is -2.28. The number of nitrogens with two attached hydrogens (primary N) is 1. The van der Waals surface area contributed by atoms with Crippen molar-refractivity contribution >= 4 is 29.1 Å². The maximum Gasteiger partial charge on any atom is 0.417 e. The molecule has 0 atom stereocenters. The Bertz CT molecular complexity index is 896. The second-order valence-corrected chi connectivity index (χ2v) is 6.39. The maximum absolute atomic E-state index is 13.1. The normalized spacial score (nSPS) is 14.3. The molecular weight excluding hydrogens is 369 g/mol. The third-order valence-electron chi connectivity index (χ3n) is 4.20. The molecule has 0 fully saturated rings. The Morgan fingerprint density at radius 3 is 2.42 bits per heavy atom. The fourth-order valence-electron chi connectivity index (χ4n) is 2.99. The van der Waals surface area contributed by atoms with Crippen molar-refractivity contribution in [2.24, 2.45) is 5.73 Å². The van der Waals surface area contributed by atoms with E-state index in [1.807, 2.05) is 0 Å². The van der Waals surface area contributed by atoms with Crippen molar-refractivity contribution in [1.82, 2.24) is 0 Å². The zero-order chi connectivity index (χ0) is 19.1. The van der Waals surface area contributed by atoms with Gasteiger partial charge in [-0.3, -0.25) is 9.59 Å². The highest BCUT2D eigenvalue weighted by Gasteiger charge is 2.33. The Hall–Kier alpha value is -2.54. The Balaban J connectivity index is 2.02. The number of halogens is 4. The van der Waals surface area contributed by atoms with Crippen LogP contribution in [0.15, 0.2) is 36.4 Å². The van der Waals surface area contributed by atoms with Gasteiger partial charge in [0.15, 0.2) is 0 Å². The molecule has 1 aliphatic rings. The number of fused-ring (bicyclic) bond motifs is 1. The first-order valence-electron chi connectivity index (χ1n) is 7.75. The van der Waals surface area contributed by atoms with E-state index in [0.717, 1.165) is 11.6 Å². The molecule has 0 saturated carbocycles. The molecule has 4 nitrogen and oxygen atoms in total. The van der Waals surface area contributed by atoms with E-state index >= 15 is 0 Å². The van der Waals surface area contributed by atoms with E-state index in [2.05, 4.69) is 0 Å². The average molecular weight is 383 g/mol. The lowest BCUT2D eigenvalue weighted by atomic mass is 9.95. The third-order valence-corrected chi connectivity index (χ3v) is 4.53. The summed E-state index contributed by atoms with van der Waals surface area (Å²) in [6.07, 6.45) is -3.90. The number of anilines is 1. The summed E-state index contributed by atoms with van der Waals surface area (Å²) in [6, 6.07) is 8.66. The number of carbonyl (C=O) groups is 2. The zero-order valence-electron chi connectivity index (χ0n) is 13.4. The number of hydrogen-bond donors (Lipinski definition) is 1. The fraction of sp³-hybridized carbons (Fsp3) is 0.222. The molecule has 8 heteroatoms. The molecule has 0 saturated heterocycles. The summed E-state index contributed by atoms with van der Waals surface area (Å²) in [5.41, 5.74) is 6.53. The summed E-state index contributed by atoms with van der Waals surface area (Å²) < 4.78 is 39.2. The van der Waals surface area contributed by atoms with E-state index in [-0.39, 0.29) is 23.9 Å². The number of nitrogens with zero attached hydrogens (tertiary/aromatic N) is 1. The molecule has 2 aromatic carbocycles. The third kappa shape index (κ3) is 3.53. The van der Waals surface area contributed by atoms with Crippen LogP contribution in [0.25, 0.3) is 11.1 Å². The van der Waals surface area contributed by atoms with Crippen molar-refractivity contribution in [2.75, 3.05) is 11.4 Å². The average Bonchev–Trinajstić information content (AvgIpc) is 2.56. The van der Waals surface area contributed by atoms with Crippen LogP contribution in [0.5, 0.6) is 0 Å². The molecule has 0 unspecified atom stereocenters. The maximum atomic E-state index is 13.1. The van der Waals surface area contributed by atoms with E-state index in [1.54, 1.807) is 18.2 Å². The quantitative estimate of drug-likeness (QED) is 0.877. The van der Waals surface area contributed by atoms with E-state index in [4.69, 9.17) is 17.3 Å². The van der Waals surface area contributed by atoms with Crippen molar-refractivity contribution in [1.29, 1.82) is 0 Å². The minimum Gasteiger partial charge on any atom is -0.368 e. The Morgan fingerprint density at radius 1 is 1.12 bits per heavy atom. The summed E-state index contributed by atoms with van der Waals surface area (Å²) in [6.45, 7) is -0.232. The number of amides is 2. The number of primary amides is 1. The molecule has 1 heterocycles. The molecule has 2 aromatic rings.